The van der Waals surface area contributed by atoms with E-state index in [2.05, 4.69) is 31.5 Å². The monoisotopic (exact) mass is 489 g/mol. The third-order valence-electron chi connectivity index (χ3n) is 4.41. The van der Waals surface area contributed by atoms with E-state index in [0.717, 1.165) is 28.2 Å². The van der Waals surface area contributed by atoms with Gasteiger partial charge in [-0.25, -0.2) is 4.98 Å². The quantitative estimate of drug-likeness (QED) is 0.462. The average Bonchev–Trinajstić information content (AvgIpc) is 3.52. The fourth-order valence-electron chi connectivity index (χ4n) is 2.82. The molecule has 1 aliphatic rings. The Morgan fingerprint density at radius 2 is 1.97 bits per heavy atom. The van der Waals surface area contributed by atoms with Crippen LogP contribution in [0.1, 0.15) is 23.2 Å². The lowest BCUT2D eigenvalue weighted by Crippen LogP contribution is -2.25. The molecule has 29 heavy (non-hydrogen) atoms. The van der Waals surface area contributed by atoms with Gasteiger partial charge in [-0.2, -0.15) is 0 Å². The van der Waals surface area contributed by atoms with Crippen molar-refractivity contribution < 1.29 is 9.59 Å². The highest BCUT2D eigenvalue weighted by Crippen LogP contribution is 2.28. The van der Waals surface area contributed by atoms with Crippen LogP contribution in [0.5, 0.6) is 0 Å². The molecule has 1 aromatic heterocycles. The normalized spacial score (nSPS) is 13.3. The number of thioether (sulfide) groups is 1. The second-order valence-electron chi connectivity index (χ2n) is 6.73. The fraction of sp³-hybridized carbons (Fsp3) is 0.190. The molecule has 1 heterocycles. The Balaban J connectivity index is 1.49. The number of pyridine rings is 1. The molecule has 5 nitrogen and oxygen atoms in total. The van der Waals surface area contributed by atoms with Gasteiger partial charge in [0.1, 0.15) is 0 Å². The lowest BCUT2D eigenvalue weighted by atomic mass is 10.1. The van der Waals surface area contributed by atoms with Crippen LogP contribution in [-0.2, 0) is 4.79 Å². The second-order valence-corrected chi connectivity index (χ2v) is 9.05. The summed E-state index contributed by atoms with van der Waals surface area (Å²) in [6.45, 7) is 0. The molecule has 1 saturated carbocycles. The Morgan fingerprint density at radius 3 is 2.72 bits per heavy atom. The van der Waals surface area contributed by atoms with Gasteiger partial charge < -0.3 is 10.6 Å². The van der Waals surface area contributed by atoms with Gasteiger partial charge in [-0.15, -0.1) is 0 Å². The van der Waals surface area contributed by atoms with Crippen molar-refractivity contribution in [1.29, 1.82) is 0 Å². The molecule has 0 saturated heterocycles. The van der Waals surface area contributed by atoms with Crippen molar-refractivity contribution in [3.8, 4) is 0 Å². The minimum Gasteiger partial charge on any atom is -0.349 e. The number of rotatable bonds is 6. The zero-order valence-corrected chi connectivity index (χ0v) is 18.4. The number of fused-ring (bicyclic) bond motifs is 1. The maximum absolute atomic E-state index is 12.7. The summed E-state index contributed by atoms with van der Waals surface area (Å²) in [4.78, 5) is 29.6. The molecule has 148 valence electrons. The first-order valence-electron chi connectivity index (χ1n) is 9.08. The van der Waals surface area contributed by atoms with Gasteiger partial charge in [-0.05, 0) is 43.2 Å². The summed E-state index contributed by atoms with van der Waals surface area (Å²) < 4.78 is 0.840. The summed E-state index contributed by atoms with van der Waals surface area (Å²) >= 11 is 10.8. The van der Waals surface area contributed by atoms with E-state index in [0.29, 0.717) is 21.3 Å². The number of amides is 2. The predicted molar refractivity (Wildman–Crippen MR) is 121 cm³/mol. The molecule has 0 spiro atoms. The molecule has 0 radical (unpaired) electrons. The van der Waals surface area contributed by atoms with Crippen molar-refractivity contribution >= 4 is 67.7 Å². The van der Waals surface area contributed by atoms with Gasteiger partial charge >= 0.3 is 0 Å². The molecule has 0 aliphatic heterocycles. The van der Waals surface area contributed by atoms with Crippen LogP contribution in [0.4, 0.5) is 5.69 Å². The number of para-hydroxylation sites is 1. The van der Waals surface area contributed by atoms with Crippen LogP contribution >= 0.6 is 39.3 Å². The lowest BCUT2D eigenvalue weighted by molar-refractivity contribution is -0.113. The number of benzene rings is 2. The number of halogens is 2. The number of hydrogen-bond acceptors (Lipinski definition) is 4. The van der Waals surface area contributed by atoms with E-state index >= 15 is 0 Å². The summed E-state index contributed by atoms with van der Waals surface area (Å²) in [6, 6.07) is 14.8. The lowest BCUT2D eigenvalue weighted by Gasteiger charge is -2.10. The van der Waals surface area contributed by atoms with Gasteiger partial charge in [0.15, 0.2) is 0 Å². The van der Waals surface area contributed by atoms with Gasteiger partial charge in [-0.3, -0.25) is 9.59 Å². The third kappa shape index (κ3) is 5.10. The van der Waals surface area contributed by atoms with Crippen molar-refractivity contribution in [3.05, 3.63) is 63.6 Å². The van der Waals surface area contributed by atoms with Crippen LogP contribution in [0, 0.1) is 0 Å². The number of nitrogens with zero attached hydrogens (tertiary/aromatic N) is 1. The first-order valence-corrected chi connectivity index (χ1v) is 11.2. The van der Waals surface area contributed by atoms with E-state index in [1.165, 1.54) is 11.8 Å². The molecular weight excluding hydrogens is 474 g/mol. The number of nitrogens with one attached hydrogen (secondary N) is 2. The zero-order valence-electron chi connectivity index (χ0n) is 15.2. The van der Waals surface area contributed by atoms with Crippen LogP contribution < -0.4 is 10.6 Å². The Kier molecular flexibility index (Phi) is 6.08. The molecule has 1 aliphatic carbocycles. The Bertz CT molecular complexity index is 1100. The Morgan fingerprint density at radius 1 is 1.17 bits per heavy atom. The second kappa shape index (κ2) is 8.73. The van der Waals surface area contributed by atoms with Crippen LogP contribution in [-0.4, -0.2) is 28.6 Å². The standard InChI is InChI=1S/C21H17BrClN3O2S/c22-12-5-8-18(16(23)9-12)25-19(27)11-29-20-10-15(21(28)24-13-6-7-13)14-3-1-2-4-17(14)26-20/h1-5,8-10,13H,6-7,11H2,(H,24,28)(H,25,27). The maximum Gasteiger partial charge on any atom is 0.252 e. The zero-order chi connectivity index (χ0) is 20.4. The van der Waals surface area contributed by atoms with Gasteiger partial charge in [0.05, 0.1) is 32.6 Å². The molecule has 0 unspecified atom stereocenters. The molecule has 1 fully saturated rings. The first-order chi connectivity index (χ1) is 14.0. The molecule has 0 bridgehead atoms. The van der Waals surface area contributed by atoms with Crippen LogP contribution in [0.15, 0.2) is 58.0 Å². The third-order valence-corrected chi connectivity index (χ3v) is 6.12. The summed E-state index contributed by atoms with van der Waals surface area (Å²) in [7, 11) is 0. The minimum absolute atomic E-state index is 0.0981. The average molecular weight is 491 g/mol. The maximum atomic E-state index is 12.7. The van der Waals surface area contributed by atoms with Gasteiger partial charge in [0.2, 0.25) is 5.91 Å². The van der Waals surface area contributed by atoms with Crippen molar-refractivity contribution in [3.63, 3.8) is 0 Å². The number of carbonyl (C=O) groups excluding carboxylic acids is 2. The SMILES string of the molecule is O=C(CSc1cc(C(=O)NC2CC2)c2ccccc2n1)Nc1ccc(Br)cc1Cl. The van der Waals surface area contributed by atoms with Crippen molar-refractivity contribution in [2.45, 2.75) is 23.9 Å². The van der Waals surface area contributed by atoms with E-state index in [1.54, 1.807) is 18.2 Å². The summed E-state index contributed by atoms with van der Waals surface area (Å²) in [5.41, 5.74) is 1.87. The van der Waals surface area contributed by atoms with E-state index in [9.17, 15) is 9.59 Å². The predicted octanol–water partition coefficient (Wildman–Crippen LogP) is 5.27. The molecule has 2 aromatic carbocycles. The molecule has 0 atom stereocenters. The van der Waals surface area contributed by atoms with Crippen LogP contribution in [0.2, 0.25) is 5.02 Å². The molecule has 2 amide bonds. The molecular formula is C21H17BrClN3O2S. The smallest absolute Gasteiger partial charge is 0.252 e. The van der Waals surface area contributed by atoms with Crippen LogP contribution in [0.3, 0.4) is 0 Å². The van der Waals surface area contributed by atoms with Crippen LogP contribution in [0.25, 0.3) is 10.9 Å². The topological polar surface area (TPSA) is 71.1 Å². The molecule has 3 aromatic rings. The summed E-state index contributed by atoms with van der Waals surface area (Å²) in [5.74, 6) is -0.140. The Labute approximate surface area is 185 Å². The summed E-state index contributed by atoms with van der Waals surface area (Å²) in [5, 5.41) is 7.71. The molecule has 4 rings (SSSR count). The van der Waals surface area contributed by atoms with E-state index in [4.69, 9.17) is 11.6 Å². The Hall–Kier alpha value is -2.09. The van der Waals surface area contributed by atoms with Crippen molar-refractivity contribution in [2.75, 3.05) is 11.1 Å². The van der Waals surface area contributed by atoms with Gasteiger partial charge in [0.25, 0.3) is 5.91 Å². The van der Waals surface area contributed by atoms with E-state index in [1.807, 2.05) is 30.3 Å². The number of hydrogen-bond donors (Lipinski definition) is 2. The fourth-order valence-corrected chi connectivity index (χ4v) is 4.26. The largest absolute Gasteiger partial charge is 0.349 e. The highest BCUT2D eigenvalue weighted by Gasteiger charge is 2.25. The van der Waals surface area contributed by atoms with E-state index < -0.39 is 0 Å². The van der Waals surface area contributed by atoms with Gasteiger partial charge in [0, 0.05) is 15.9 Å². The van der Waals surface area contributed by atoms with Crippen molar-refractivity contribution in [1.82, 2.24) is 10.3 Å². The highest BCUT2D eigenvalue weighted by atomic mass is 79.9. The minimum atomic E-state index is -0.196. The molecule has 8 heteroatoms. The van der Waals surface area contributed by atoms with Gasteiger partial charge in [-0.1, -0.05) is 57.5 Å². The number of carbonyl (C=O) groups is 2. The van der Waals surface area contributed by atoms with E-state index in [-0.39, 0.29) is 23.6 Å². The molecule has 2 N–H and O–H groups in total. The first kappa shape index (κ1) is 20.2. The number of anilines is 1. The summed E-state index contributed by atoms with van der Waals surface area (Å²) in [6.07, 6.45) is 2.05. The number of aromatic nitrogens is 1. The van der Waals surface area contributed by atoms with Crippen molar-refractivity contribution in [2.24, 2.45) is 0 Å². The highest BCUT2D eigenvalue weighted by molar-refractivity contribution is 9.10.